The molecule has 0 fully saturated rings. The second-order valence-corrected chi connectivity index (χ2v) is 4.88. The summed E-state index contributed by atoms with van der Waals surface area (Å²) in [5.74, 6) is 1.12. The number of nitrogens with one attached hydrogen (secondary N) is 2. The van der Waals surface area contributed by atoms with Gasteiger partial charge in [0.15, 0.2) is 11.5 Å². The van der Waals surface area contributed by atoms with Gasteiger partial charge in [0, 0.05) is 13.1 Å². The molecule has 0 aliphatic carbocycles. The number of hydrogen-bond acceptors (Lipinski definition) is 5. The zero-order chi connectivity index (χ0) is 15.9. The molecule has 2 rings (SSSR count). The maximum atomic E-state index is 12.4. The number of ether oxygens (including phenoxy) is 3. The lowest BCUT2D eigenvalue weighted by Gasteiger charge is -2.17. The van der Waals surface area contributed by atoms with Gasteiger partial charge in [-0.3, -0.25) is 4.79 Å². The normalized spacial score (nSPS) is 14.0. The van der Waals surface area contributed by atoms with E-state index in [-0.39, 0.29) is 5.91 Å². The minimum atomic E-state index is -0.197. The Hall–Kier alpha value is -2.21. The molecule has 0 aromatic heterocycles. The van der Waals surface area contributed by atoms with E-state index in [0.29, 0.717) is 29.4 Å². The number of hydrogen-bond donors (Lipinski definition) is 2. The average molecular weight is 306 g/mol. The van der Waals surface area contributed by atoms with Crippen molar-refractivity contribution in [2.45, 2.75) is 6.42 Å². The summed E-state index contributed by atoms with van der Waals surface area (Å²) >= 11 is 0. The van der Waals surface area contributed by atoms with Crippen molar-refractivity contribution in [2.24, 2.45) is 0 Å². The first-order valence-corrected chi connectivity index (χ1v) is 7.17. The van der Waals surface area contributed by atoms with Gasteiger partial charge in [-0.05, 0) is 25.1 Å². The molecule has 0 saturated heterocycles. The van der Waals surface area contributed by atoms with E-state index in [1.165, 1.54) is 19.8 Å². The summed E-state index contributed by atoms with van der Waals surface area (Å²) in [5.41, 5.74) is 1.65. The maximum Gasteiger partial charge on any atom is 0.255 e. The van der Waals surface area contributed by atoms with E-state index in [2.05, 4.69) is 16.7 Å². The summed E-state index contributed by atoms with van der Waals surface area (Å²) in [5, 5.41) is 6.16. The Bertz CT molecular complexity index is 570. The Labute approximate surface area is 130 Å². The molecule has 0 spiro atoms. The van der Waals surface area contributed by atoms with Crippen molar-refractivity contribution in [3.05, 3.63) is 29.3 Å². The fraction of sp³-hybridized carbons (Fsp3) is 0.438. The molecule has 1 aromatic carbocycles. The fourth-order valence-corrected chi connectivity index (χ4v) is 2.40. The van der Waals surface area contributed by atoms with Gasteiger partial charge in [0.25, 0.3) is 5.91 Å². The van der Waals surface area contributed by atoms with E-state index in [0.717, 1.165) is 19.5 Å². The van der Waals surface area contributed by atoms with Crippen molar-refractivity contribution < 1.29 is 19.0 Å². The smallest absolute Gasteiger partial charge is 0.255 e. The molecule has 1 aliphatic rings. The lowest BCUT2D eigenvalue weighted by Crippen LogP contribution is -2.29. The zero-order valence-corrected chi connectivity index (χ0v) is 13.2. The molecule has 1 heterocycles. The predicted molar refractivity (Wildman–Crippen MR) is 84.0 cm³/mol. The number of carbonyl (C=O) groups is 1. The van der Waals surface area contributed by atoms with Crippen LogP contribution in [0.5, 0.6) is 17.2 Å². The minimum Gasteiger partial charge on any atom is -0.493 e. The first-order valence-electron chi connectivity index (χ1n) is 7.17. The topological polar surface area (TPSA) is 68.8 Å². The van der Waals surface area contributed by atoms with Gasteiger partial charge in [-0.2, -0.15) is 0 Å². The third kappa shape index (κ3) is 3.51. The van der Waals surface area contributed by atoms with Crippen LogP contribution < -0.4 is 24.8 Å². The summed E-state index contributed by atoms with van der Waals surface area (Å²) < 4.78 is 15.8. The average Bonchev–Trinajstić information content (AvgIpc) is 2.58. The molecule has 6 nitrogen and oxygen atoms in total. The van der Waals surface area contributed by atoms with Gasteiger partial charge in [-0.15, -0.1) is 0 Å². The molecule has 1 aliphatic heterocycles. The molecule has 6 heteroatoms. The third-order valence-corrected chi connectivity index (χ3v) is 3.58. The molecule has 1 aromatic rings. The molecule has 0 bridgehead atoms. The highest BCUT2D eigenvalue weighted by molar-refractivity contribution is 5.98. The number of benzene rings is 1. The molecule has 0 radical (unpaired) electrons. The van der Waals surface area contributed by atoms with Gasteiger partial charge in [-0.25, -0.2) is 0 Å². The van der Waals surface area contributed by atoms with E-state index in [4.69, 9.17) is 14.2 Å². The quantitative estimate of drug-likeness (QED) is 0.777. The first-order chi connectivity index (χ1) is 10.7. The van der Waals surface area contributed by atoms with E-state index >= 15 is 0 Å². The van der Waals surface area contributed by atoms with Crippen LogP contribution in [0, 0.1) is 0 Å². The van der Waals surface area contributed by atoms with E-state index in [1.807, 2.05) is 0 Å². The van der Waals surface area contributed by atoms with Crippen molar-refractivity contribution >= 4 is 5.91 Å². The molecule has 0 atom stereocenters. The van der Waals surface area contributed by atoms with E-state index < -0.39 is 0 Å². The maximum absolute atomic E-state index is 12.4. The number of methoxy groups -OCH3 is 3. The Balaban J connectivity index is 2.16. The van der Waals surface area contributed by atoms with E-state index in [1.54, 1.807) is 19.2 Å². The second kappa shape index (κ2) is 7.70. The van der Waals surface area contributed by atoms with Gasteiger partial charge in [-0.1, -0.05) is 11.6 Å². The lowest BCUT2D eigenvalue weighted by molar-refractivity contribution is 0.0953. The fourth-order valence-electron chi connectivity index (χ4n) is 2.40. The highest BCUT2D eigenvalue weighted by Gasteiger charge is 2.20. The Morgan fingerprint density at radius 2 is 1.95 bits per heavy atom. The van der Waals surface area contributed by atoms with Crippen molar-refractivity contribution in [2.75, 3.05) is 41.0 Å². The number of carbonyl (C=O) groups excluding carboxylic acids is 1. The van der Waals surface area contributed by atoms with Crippen molar-refractivity contribution in [1.29, 1.82) is 0 Å². The van der Waals surface area contributed by atoms with Crippen molar-refractivity contribution in [3.8, 4) is 17.2 Å². The molecular weight excluding hydrogens is 284 g/mol. The molecule has 1 amide bonds. The highest BCUT2D eigenvalue weighted by atomic mass is 16.5. The lowest BCUT2D eigenvalue weighted by atomic mass is 10.1. The van der Waals surface area contributed by atoms with Crippen LogP contribution in [0.4, 0.5) is 0 Å². The third-order valence-electron chi connectivity index (χ3n) is 3.58. The van der Waals surface area contributed by atoms with Gasteiger partial charge in [0.2, 0.25) is 5.75 Å². The highest BCUT2D eigenvalue weighted by Crippen LogP contribution is 2.39. The SMILES string of the molecule is COc1ccc(C(=O)NCC2=CCNCC2)c(OC)c1OC. The van der Waals surface area contributed by atoms with Gasteiger partial charge in [0.1, 0.15) is 0 Å². The predicted octanol–water partition coefficient (Wildman–Crippen LogP) is 1.36. The Morgan fingerprint density at radius 3 is 2.55 bits per heavy atom. The van der Waals surface area contributed by atoms with Crippen LogP contribution in [0.1, 0.15) is 16.8 Å². The van der Waals surface area contributed by atoms with Crippen molar-refractivity contribution in [1.82, 2.24) is 10.6 Å². The van der Waals surface area contributed by atoms with Crippen LogP contribution in [-0.4, -0.2) is 46.9 Å². The molecule has 0 unspecified atom stereocenters. The standard InChI is InChI=1S/C16H22N2O4/c1-20-13-5-4-12(14(21-2)15(13)22-3)16(19)18-10-11-6-8-17-9-7-11/h4-6,17H,7-10H2,1-3H3,(H,18,19). The summed E-state index contributed by atoms with van der Waals surface area (Å²) in [4.78, 5) is 12.4. The van der Waals surface area contributed by atoms with E-state index in [9.17, 15) is 4.79 Å². The Morgan fingerprint density at radius 1 is 1.18 bits per heavy atom. The Kier molecular flexibility index (Phi) is 5.66. The van der Waals surface area contributed by atoms with Crippen LogP contribution in [0.15, 0.2) is 23.8 Å². The molecule has 2 N–H and O–H groups in total. The van der Waals surface area contributed by atoms with Crippen molar-refractivity contribution in [3.63, 3.8) is 0 Å². The first kappa shape index (κ1) is 16.2. The number of rotatable bonds is 6. The zero-order valence-electron chi connectivity index (χ0n) is 13.2. The van der Waals surface area contributed by atoms with Crippen LogP contribution >= 0.6 is 0 Å². The largest absolute Gasteiger partial charge is 0.493 e. The monoisotopic (exact) mass is 306 g/mol. The van der Waals surface area contributed by atoms with Gasteiger partial charge < -0.3 is 24.8 Å². The summed E-state index contributed by atoms with van der Waals surface area (Å²) in [6.45, 7) is 2.34. The minimum absolute atomic E-state index is 0.197. The van der Waals surface area contributed by atoms with Crippen LogP contribution in [0.25, 0.3) is 0 Å². The summed E-state index contributed by atoms with van der Waals surface area (Å²) in [6, 6.07) is 3.37. The van der Waals surface area contributed by atoms with Gasteiger partial charge >= 0.3 is 0 Å². The van der Waals surface area contributed by atoms with Crippen LogP contribution in [-0.2, 0) is 0 Å². The molecule has 0 saturated carbocycles. The summed E-state index contributed by atoms with van der Waals surface area (Å²) in [6.07, 6.45) is 3.05. The van der Waals surface area contributed by atoms with Crippen LogP contribution in [0.2, 0.25) is 0 Å². The van der Waals surface area contributed by atoms with Crippen LogP contribution in [0.3, 0.4) is 0 Å². The molecule has 22 heavy (non-hydrogen) atoms. The van der Waals surface area contributed by atoms with Gasteiger partial charge in [0.05, 0.1) is 26.9 Å². The summed E-state index contributed by atoms with van der Waals surface area (Å²) in [7, 11) is 4.56. The molecule has 120 valence electrons. The number of amides is 1. The second-order valence-electron chi connectivity index (χ2n) is 4.88. The molecular formula is C16H22N2O4.